The van der Waals surface area contributed by atoms with Crippen LogP contribution >= 0.6 is 0 Å². The summed E-state index contributed by atoms with van der Waals surface area (Å²) in [6, 6.07) is 4.85. The van der Waals surface area contributed by atoms with Crippen LogP contribution in [0.15, 0.2) is 29.4 Å². The first-order valence-electron chi connectivity index (χ1n) is 9.12. The highest BCUT2D eigenvalue weighted by molar-refractivity contribution is 5.83. The molecule has 0 amide bonds. The molecule has 0 saturated carbocycles. The summed E-state index contributed by atoms with van der Waals surface area (Å²) in [5.74, 6) is 1.33. The van der Waals surface area contributed by atoms with Gasteiger partial charge in [-0.25, -0.2) is 4.39 Å². The lowest BCUT2D eigenvalue weighted by molar-refractivity contribution is 0.342. The topological polar surface area (TPSA) is 55.4 Å². The lowest BCUT2D eigenvalue weighted by Gasteiger charge is -2.16. The van der Waals surface area contributed by atoms with Gasteiger partial charge in [0.25, 0.3) is 0 Å². The third-order valence-corrected chi connectivity index (χ3v) is 5.02. The van der Waals surface area contributed by atoms with E-state index in [0.29, 0.717) is 5.92 Å². The summed E-state index contributed by atoms with van der Waals surface area (Å²) >= 11 is 0. The molecule has 136 valence electrons. The van der Waals surface area contributed by atoms with E-state index in [2.05, 4.69) is 32.4 Å². The molecule has 0 radical (unpaired) electrons. The van der Waals surface area contributed by atoms with Crippen LogP contribution in [0.3, 0.4) is 0 Å². The van der Waals surface area contributed by atoms with Crippen molar-refractivity contribution in [1.82, 2.24) is 20.5 Å². The molecule has 6 heteroatoms. The molecule has 0 bridgehead atoms. The molecule has 2 heterocycles. The number of H-pyrrole nitrogens is 1. The minimum absolute atomic E-state index is 0.198. The molecule has 1 unspecified atom stereocenters. The van der Waals surface area contributed by atoms with E-state index in [-0.39, 0.29) is 5.82 Å². The Kier molecular flexibility index (Phi) is 5.91. The summed E-state index contributed by atoms with van der Waals surface area (Å²) in [7, 11) is 1.80. The molecule has 1 aromatic heterocycles. The van der Waals surface area contributed by atoms with E-state index in [1.54, 1.807) is 19.2 Å². The molecule has 1 aromatic carbocycles. The van der Waals surface area contributed by atoms with Crippen molar-refractivity contribution in [2.75, 3.05) is 39.8 Å². The van der Waals surface area contributed by atoms with Crippen LogP contribution in [0.25, 0.3) is 10.9 Å². The maximum atomic E-state index is 13.4. The Balaban J connectivity index is 1.46. The first-order valence-corrected chi connectivity index (χ1v) is 9.12. The maximum absolute atomic E-state index is 13.4. The molecule has 1 fully saturated rings. The van der Waals surface area contributed by atoms with Gasteiger partial charge in [-0.15, -0.1) is 0 Å². The number of hydrogen-bond donors (Lipinski definition) is 3. The van der Waals surface area contributed by atoms with Gasteiger partial charge in [0.1, 0.15) is 5.82 Å². The van der Waals surface area contributed by atoms with E-state index >= 15 is 0 Å². The van der Waals surface area contributed by atoms with Crippen LogP contribution in [-0.4, -0.2) is 55.6 Å². The second-order valence-electron chi connectivity index (χ2n) is 6.68. The van der Waals surface area contributed by atoms with Crippen LogP contribution in [0, 0.1) is 11.7 Å². The molecule has 25 heavy (non-hydrogen) atoms. The second-order valence-corrected chi connectivity index (χ2v) is 6.68. The van der Waals surface area contributed by atoms with Crippen molar-refractivity contribution < 1.29 is 4.39 Å². The van der Waals surface area contributed by atoms with Crippen molar-refractivity contribution >= 4 is 16.9 Å². The summed E-state index contributed by atoms with van der Waals surface area (Å²) in [6.45, 7) is 7.43. The van der Waals surface area contributed by atoms with Crippen molar-refractivity contribution in [1.29, 1.82) is 0 Å². The molecule has 1 atom stereocenters. The fourth-order valence-electron chi connectivity index (χ4n) is 3.50. The van der Waals surface area contributed by atoms with Gasteiger partial charge < -0.3 is 20.5 Å². The molecule has 1 aliphatic rings. The number of hydrogen-bond acceptors (Lipinski definition) is 2. The highest BCUT2D eigenvalue weighted by atomic mass is 19.1. The van der Waals surface area contributed by atoms with Gasteiger partial charge in [0.15, 0.2) is 5.96 Å². The van der Waals surface area contributed by atoms with Gasteiger partial charge >= 0.3 is 0 Å². The van der Waals surface area contributed by atoms with Gasteiger partial charge in [0, 0.05) is 43.8 Å². The predicted octanol–water partition coefficient (Wildman–Crippen LogP) is 2.36. The van der Waals surface area contributed by atoms with Crippen molar-refractivity contribution in [3.05, 3.63) is 35.8 Å². The van der Waals surface area contributed by atoms with Crippen molar-refractivity contribution in [2.24, 2.45) is 10.9 Å². The lowest BCUT2D eigenvalue weighted by Crippen LogP contribution is -2.41. The summed E-state index contributed by atoms with van der Waals surface area (Å²) in [6.07, 6.45) is 4.02. The smallest absolute Gasteiger partial charge is 0.190 e. The molecule has 1 saturated heterocycles. The minimum Gasteiger partial charge on any atom is -0.361 e. The van der Waals surface area contributed by atoms with Crippen molar-refractivity contribution in [3.8, 4) is 0 Å². The molecule has 1 aliphatic heterocycles. The zero-order valence-electron chi connectivity index (χ0n) is 15.1. The number of aromatic amines is 1. The van der Waals surface area contributed by atoms with Crippen LogP contribution in [0.1, 0.15) is 18.9 Å². The normalized spacial score (nSPS) is 18.8. The largest absolute Gasteiger partial charge is 0.361 e. The molecule has 0 aliphatic carbocycles. The number of rotatable bonds is 6. The number of nitrogens with one attached hydrogen (secondary N) is 3. The monoisotopic (exact) mass is 345 g/mol. The number of fused-ring (bicyclic) bond motifs is 1. The standard InChI is InChI=1S/C19H28FN5/c1-3-25-9-7-14(13-25)11-24-19(21-2)22-8-6-15-12-23-18-5-4-16(20)10-17(15)18/h4-5,10,12,14,23H,3,6-9,11,13H2,1-2H3,(H2,21,22,24). The number of nitrogens with zero attached hydrogens (tertiary/aromatic N) is 2. The second kappa shape index (κ2) is 8.34. The highest BCUT2D eigenvalue weighted by Crippen LogP contribution is 2.19. The van der Waals surface area contributed by atoms with Gasteiger partial charge in [0.05, 0.1) is 0 Å². The first kappa shape index (κ1) is 17.7. The number of halogens is 1. The lowest BCUT2D eigenvalue weighted by atomic mass is 10.1. The molecular weight excluding hydrogens is 317 g/mol. The Bertz CT molecular complexity index is 724. The number of aromatic nitrogens is 1. The van der Waals surface area contributed by atoms with Gasteiger partial charge in [0.2, 0.25) is 0 Å². The zero-order chi connectivity index (χ0) is 17.6. The Hall–Kier alpha value is -2.08. The van der Waals surface area contributed by atoms with Crippen LogP contribution in [0.2, 0.25) is 0 Å². The molecule has 0 spiro atoms. The van der Waals surface area contributed by atoms with Gasteiger partial charge in [-0.3, -0.25) is 4.99 Å². The summed E-state index contributed by atoms with van der Waals surface area (Å²) in [5, 5.41) is 7.73. The highest BCUT2D eigenvalue weighted by Gasteiger charge is 2.20. The third-order valence-electron chi connectivity index (χ3n) is 5.02. The van der Waals surface area contributed by atoms with Gasteiger partial charge in [-0.05, 0) is 55.6 Å². The first-order chi connectivity index (χ1) is 12.2. The minimum atomic E-state index is -0.198. The SMILES string of the molecule is CCN1CCC(CNC(=NC)NCCc2c[nH]c3ccc(F)cc23)C1. The predicted molar refractivity (Wildman–Crippen MR) is 102 cm³/mol. The van der Waals surface area contributed by atoms with Gasteiger partial charge in [-0.2, -0.15) is 0 Å². The average Bonchev–Trinajstić information content (AvgIpc) is 3.24. The molecule has 5 nitrogen and oxygen atoms in total. The van der Waals surface area contributed by atoms with Crippen LogP contribution < -0.4 is 10.6 Å². The van der Waals surface area contributed by atoms with Crippen LogP contribution in [0.5, 0.6) is 0 Å². The molecule has 2 aromatic rings. The van der Waals surface area contributed by atoms with Crippen molar-refractivity contribution in [3.63, 3.8) is 0 Å². The number of benzene rings is 1. The summed E-state index contributed by atoms with van der Waals surface area (Å²) in [5.41, 5.74) is 2.09. The van der Waals surface area contributed by atoms with Crippen molar-refractivity contribution in [2.45, 2.75) is 19.8 Å². The fourth-order valence-corrected chi connectivity index (χ4v) is 3.50. The van der Waals surface area contributed by atoms with E-state index < -0.39 is 0 Å². The van der Waals surface area contributed by atoms with Gasteiger partial charge in [-0.1, -0.05) is 6.92 Å². The van der Waals surface area contributed by atoms with E-state index in [9.17, 15) is 4.39 Å². The van der Waals surface area contributed by atoms with E-state index in [1.165, 1.54) is 25.6 Å². The number of guanidine groups is 1. The fraction of sp³-hybridized carbons (Fsp3) is 0.526. The van der Waals surface area contributed by atoms with E-state index in [0.717, 1.165) is 48.5 Å². The van der Waals surface area contributed by atoms with Crippen LogP contribution in [-0.2, 0) is 6.42 Å². The summed E-state index contributed by atoms with van der Waals surface area (Å²) in [4.78, 5) is 9.98. The zero-order valence-corrected chi connectivity index (χ0v) is 15.1. The maximum Gasteiger partial charge on any atom is 0.190 e. The molecular formula is C19H28FN5. The van der Waals surface area contributed by atoms with Crippen LogP contribution in [0.4, 0.5) is 4.39 Å². The Morgan fingerprint density at radius 3 is 3.04 bits per heavy atom. The third kappa shape index (κ3) is 4.51. The number of aliphatic imine (C=N–C) groups is 1. The molecule has 3 rings (SSSR count). The Morgan fingerprint density at radius 2 is 2.28 bits per heavy atom. The quantitative estimate of drug-likeness (QED) is 0.556. The summed E-state index contributed by atoms with van der Waals surface area (Å²) < 4.78 is 13.4. The Labute approximate surface area is 148 Å². The van der Waals surface area contributed by atoms with E-state index in [4.69, 9.17) is 0 Å². The average molecular weight is 345 g/mol. The van der Waals surface area contributed by atoms with E-state index in [1.807, 2.05) is 6.20 Å². The molecule has 3 N–H and O–H groups in total. The Morgan fingerprint density at radius 1 is 1.40 bits per heavy atom. The number of likely N-dealkylation sites (tertiary alicyclic amines) is 1.